The van der Waals surface area contributed by atoms with Crippen molar-refractivity contribution in [3.63, 3.8) is 0 Å². The number of anilines is 1. The van der Waals surface area contributed by atoms with Gasteiger partial charge in [-0.15, -0.1) is 0 Å². The Hall–Kier alpha value is -1.84. The Morgan fingerprint density at radius 2 is 1.86 bits per heavy atom. The first-order chi connectivity index (χ1) is 10.5. The first-order valence-electron chi connectivity index (χ1n) is 7.43. The second kappa shape index (κ2) is 7.43. The number of nitrogens with two attached hydrogens (primary N) is 1. The standard InChI is InChI=1S/C18H21ClN2O/c1-12-6-4-9-17(10-12)21-18(22)14(3)20-13(2)15-7-5-8-16(19)11-15/h4-11,13-14,20H,1-3H3,(H,21,22)/p+1/t13-,14+/m0/s1. The molecule has 0 spiro atoms. The van der Waals surface area contributed by atoms with Crippen LogP contribution in [0.1, 0.15) is 31.0 Å². The SMILES string of the molecule is Cc1cccc(NC(=O)[C@@H](C)[NH2+][C@@H](C)c2cccc(Cl)c2)c1. The average Bonchev–Trinajstić information content (AvgIpc) is 2.47. The Labute approximate surface area is 136 Å². The maximum atomic E-state index is 12.3. The molecule has 0 heterocycles. The fraction of sp³-hybridized carbons (Fsp3) is 0.278. The number of benzene rings is 2. The Balaban J connectivity index is 1.96. The van der Waals surface area contributed by atoms with Crippen LogP contribution in [0.5, 0.6) is 0 Å². The lowest BCUT2D eigenvalue weighted by atomic mass is 10.1. The molecule has 3 nitrogen and oxygen atoms in total. The molecular formula is C18H22ClN2O+. The fourth-order valence-electron chi connectivity index (χ4n) is 2.40. The van der Waals surface area contributed by atoms with Crippen molar-refractivity contribution < 1.29 is 10.1 Å². The molecular weight excluding hydrogens is 296 g/mol. The van der Waals surface area contributed by atoms with E-state index < -0.39 is 0 Å². The fourth-order valence-corrected chi connectivity index (χ4v) is 2.60. The molecule has 2 aromatic rings. The number of halogens is 1. The number of quaternary nitrogens is 1. The summed E-state index contributed by atoms with van der Waals surface area (Å²) >= 11 is 6.02. The second-order valence-electron chi connectivity index (χ2n) is 5.68. The van der Waals surface area contributed by atoms with Crippen molar-refractivity contribution in [2.75, 3.05) is 5.32 Å². The maximum absolute atomic E-state index is 12.3. The smallest absolute Gasteiger partial charge is 0.282 e. The van der Waals surface area contributed by atoms with E-state index in [1.54, 1.807) is 0 Å². The van der Waals surface area contributed by atoms with Crippen molar-refractivity contribution >= 4 is 23.2 Å². The van der Waals surface area contributed by atoms with Gasteiger partial charge in [0.05, 0.1) is 0 Å². The summed E-state index contributed by atoms with van der Waals surface area (Å²) in [6, 6.07) is 15.5. The van der Waals surface area contributed by atoms with Crippen LogP contribution in [0.4, 0.5) is 5.69 Å². The Bertz CT molecular complexity index is 657. The third-order valence-electron chi connectivity index (χ3n) is 3.65. The molecule has 0 aliphatic rings. The molecule has 0 bridgehead atoms. The number of hydrogen-bond donors (Lipinski definition) is 2. The molecule has 2 rings (SSSR count). The monoisotopic (exact) mass is 317 g/mol. The molecule has 0 aromatic heterocycles. The van der Waals surface area contributed by atoms with Crippen LogP contribution in [0.25, 0.3) is 0 Å². The third kappa shape index (κ3) is 4.58. The molecule has 22 heavy (non-hydrogen) atoms. The van der Waals surface area contributed by atoms with E-state index in [0.29, 0.717) is 0 Å². The number of nitrogens with one attached hydrogen (secondary N) is 1. The van der Waals surface area contributed by atoms with Gasteiger partial charge >= 0.3 is 0 Å². The van der Waals surface area contributed by atoms with Crippen LogP contribution in [0, 0.1) is 6.92 Å². The summed E-state index contributed by atoms with van der Waals surface area (Å²) in [7, 11) is 0. The summed E-state index contributed by atoms with van der Waals surface area (Å²) in [6.07, 6.45) is 0. The van der Waals surface area contributed by atoms with Crippen molar-refractivity contribution in [2.45, 2.75) is 32.9 Å². The highest BCUT2D eigenvalue weighted by atomic mass is 35.5. The van der Waals surface area contributed by atoms with Gasteiger partial charge in [0.15, 0.2) is 6.04 Å². The van der Waals surface area contributed by atoms with Gasteiger partial charge in [-0.05, 0) is 50.6 Å². The van der Waals surface area contributed by atoms with E-state index in [1.165, 1.54) is 0 Å². The molecule has 2 atom stereocenters. The van der Waals surface area contributed by atoms with Crippen LogP contribution in [0.2, 0.25) is 5.02 Å². The first-order valence-corrected chi connectivity index (χ1v) is 7.81. The molecule has 0 saturated carbocycles. The van der Waals surface area contributed by atoms with E-state index >= 15 is 0 Å². The summed E-state index contributed by atoms with van der Waals surface area (Å²) in [6.45, 7) is 5.99. The zero-order chi connectivity index (χ0) is 16.1. The molecule has 4 heteroatoms. The largest absolute Gasteiger partial charge is 0.330 e. The van der Waals surface area contributed by atoms with E-state index in [2.05, 4.69) is 12.2 Å². The van der Waals surface area contributed by atoms with Crippen molar-refractivity contribution in [1.29, 1.82) is 0 Å². The first kappa shape index (κ1) is 16.5. The lowest BCUT2D eigenvalue weighted by Gasteiger charge is -2.17. The van der Waals surface area contributed by atoms with Gasteiger partial charge < -0.3 is 10.6 Å². The van der Waals surface area contributed by atoms with Crippen molar-refractivity contribution in [3.8, 4) is 0 Å². The summed E-state index contributed by atoms with van der Waals surface area (Å²) < 4.78 is 0. The minimum absolute atomic E-state index is 0.000483. The summed E-state index contributed by atoms with van der Waals surface area (Å²) in [4.78, 5) is 12.3. The number of rotatable bonds is 5. The molecule has 3 N–H and O–H groups in total. The number of carbonyl (C=O) groups excluding carboxylic acids is 1. The van der Waals surface area contributed by atoms with Gasteiger partial charge in [-0.2, -0.15) is 0 Å². The van der Waals surface area contributed by atoms with Crippen LogP contribution in [0.15, 0.2) is 48.5 Å². The maximum Gasteiger partial charge on any atom is 0.282 e. The molecule has 0 aliphatic carbocycles. The number of aryl methyl sites for hydroxylation is 1. The number of hydrogen-bond acceptors (Lipinski definition) is 1. The summed E-state index contributed by atoms with van der Waals surface area (Å²) in [5.74, 6) is -0.000483. The van der Waals surface area contributed by atoms with Gasteiger partial charge in [0.2, 0.25) is 0 Å². The van der Waals surface area contributed by atoms with Gasteiger partial charge in [0.1, 0.15) is 6.04 Å². The number of amides is 1. The van der Waals surface area contributed by atoms with Crippen LogP contribution in [-0.2, 0) is 4.79 Å². The predicted molar refractivity (Wildman–Crippen MR) is 91.1 cm³/mol. The lowest BCUT2D eigenvalue weighted by Crippen LogP contribution is -2.91. The molecule has 0 aliphatic heterocycles. The normalized spacial score (nSPS) is 13.5. The second-order valence-corrected chi connectivity index (χ2v) is 6.12. The number of carbonyl (C=O) groups is 1. The molecule has 0 saturated heterocycles. The van der Waals surface area contributed by atoms with Gasteiger partial charge in [-0.1, -0.05) is 35.9 Å². The zero-order valence-electron chi connectivity index (χ0n) is 13.1. The predicted octanol–water partition coefficient (Wildman–Crippen LogP) is 3.30. The van der Waals surface area contributed by atoms with E-state index in [1.807, 2.05) is 67.7 Å². The molecule has 2 aromatic carbocycles. The Morgan fingerprint density at radius 1 is 1.14 bits per heavy atom. The quantitative estimate of drug-likeness (QED) is 0.873. The van der Waals surface area contributed by atoms with Crippen molar-refractivity contribution in [3.05, 3.63) is 64.7 Å². The minimum atomic E-state index is -0.186. The van der Waals surface area contributed by atoms with Gasteiger partial charge in [0, 0.05) is 16.3 Å². The van der Waals surface area contributed by atoms with E-state index in [-0.39, 0.29) is 18.0 Å². The van der Waals surface area contributed by atoms with Crippen LogP contribution >= 0.6 is 11.6 Å². The Morgan fingerprint density at radius 3 is 2.55 bits per heavy atom. The zero-order valence-corrected chi connectivity index (χ0v) is 13.9. The van der Waals surface area contributed by atoms with Crippen LogP contribution < -0.4 is 10.6 Å². The van der Waals surface area contributed by atoms with Crippen LogP contribution in [0.3, 0.4) is 0 Å². The highest BCUT2D eigenvalue weighted by Gasteiger charge is 2.20. The molecule has 0 radical (unpaired) electrons. The molecule has 116 valence electrons. The summed E-state index contributed by atoms with van der Waals surface area (Å²) in [5, 5.41) is 5.71. The molecule has 1 amide bonds. The van der Waals surface area contributed by atoms with Crippen molar-refractivity contribution in [2.24, 2.45) is 0 Å². The molecule has 0 fully saturated rings. The highest BCUT2D eigenvalue weighted by molar-refractivity contribution is 6.30. The van der Waals surface area contributed by atoms with Crippen molar-refractivity contribution in [1.82, 2.24) is 0 Å². The van der Waals surface area contributed by atoms with Gasteiger partial charge in [-0.3, -0.25) is 4.79 Å². The average molecular weight is 318 g/mol. The topological polar surface area (TPSA) is 45.7 Å². The van der Waals surface area contributed by atoms with E-state index in [9.17, 15) is 4.79 Å². The lowest BCUT2D eigenvalue weighted by molar-refractivity contribution is -0.709. The third-order valence-corrected chi connectivity index (χ3v) is 3.89. The highest BCUT2D eigenvalue weighted by Crippen LogP contribution is 2.15. The van der Waals surface area contributed by atoms with Crippen LogP contribution in [-0.4, -0.2) is 11.9 Å². The Kier molecular flexibility index (Phi) is 5.58. The van der Waals surface area contributed by atoms with E-state index in [0.717, 1.165) is 21.8 Å². The van der Waals surface area contributed by atoms with Gasteiger partial charge in [0.25, 0.3) is 5.91 Å². The van der Waals surface area contributed by atoms with Gasteiger partial charge in [-0.25, -0.2) is 0 Å². The minimum Gasteiger partial charge on any atom is -0.330 e. The molecule has 0 unspecified atom stereocenters. The summed E-state index contributed by atoms with van der Waals surface area (Å²) in [5.41, 5.74) is 3.07. The van der Waals surface area contributed by atoms with E-state index in [4.69, 9.17) is 11.6 Å².